The highest BCUT2D eigenvalue weighted by atomic mass is 15.3. The Hall–Kier alpha value is -0.870. The second-order valence-electron chi connectivity index (χ2n) is 5.75. The summed E-state index contributed by atoms with van der Waals surface area (Å²) in [7, 11) is 2.03. The Labute approximate surface area is 117 Å². The molecule has 1 aromatic rings. The molecule has 19 heavy (non-hydrogen) atoms. The van der Waals surface area contributed by atoms with Crippen LogP contribution < -0.4 is 5.32 Å². The topological polar surface area (TPSA) is 33.1 Å². The van der Waals surface area contributed by atoms with E-state index in [1.54, 1.807) is 0 Å². The van der Waals surface area contributed by atoms with Crippen LogP contribution in [0.1, 0.15) is 43.1 Å². The number of nitrogens with zero attached hydrogens (tertiary/aromatic N) is 3. The second kappa shape index (κ2) is 6.53. The first-order valence-corrected chi connectivity index (χ1v) is 7.56. The molecule has 0 amide bonds. The fraction of sp³-hybridized carbons (Fsp3) is 0.800. The molecule has 1 aliphatic rings. The van der Waals surface area contributed by atoms with Crippen LogP contribution in [0.4, 0.5) is 0 Å². The van der Waals surface area contributed by atoms with E-state index < -0.39 is 0 Å². The van der Waals surface area contributed by atoms with Crippen molar-refractivity contribution < 1.29 is 0 Å². The summed E-state index contributed by atoms with van der Waals surface area (Å²) in [5.41, 5.74) is 3.88. The van der Waals surface area contributed by atoms with E-state index in [-0.39, 0.29) is 0 Å². The Morgan fingerprint density at radius 3 is 2.68 bits per heavy atom. The van der Waals surface area contributed by atoms with E-state index in [1.807, 2.05) is 11.7 Å². The van der Waals surface area contributed by atoms with Gasteiger partial charge in [-0.05, 0) is 39.8 Å². The number of hydrogen-bond acceptors (Lipinski definition) is 3. The summed E-state index contributed by atoms with van der Waals surface area (Å²) in [4.78, 5) is 2.54. The van der Waals surface area contributed by atoms with Gasteiger partial charge in [-0.25, -0.2) is 0 Å². The zero-order valence-corrected chi connectivity index (χ0v) is 12.9. The third-order valence-electron chi connectivity index (χ3n) is 4.38. The molecule has 0 radical (unpaired) electrons. The maximum atomic E-state index is 4.52. The average Bonchev–Trinajstić information content (AvgIpc) is 2.65. The number of hydrogen-bond donors (Lipinski definition) is 1. The van der Waals surface area contributed by atoms with Gasteiger partial charge in [0.1, 0.15) is 0 Å². The van der Waals surface area contributed by atoms with Crippen molar-refractivity contribution in [1.29, 1.82) is 0 Å². The monoisotopic (exact) mass is 264 g/mol. The summed E-state index contributed by atoms with van der Waals surface area (Å²) in [6, 6.07) is 0.672. The van der Waals surface area contributed by atoms with Crippen LogP contribution in [-0.4, -0.2) is 40.4 Å². The molecule has 1 fully saturated rings. The molecule has 2 rings (SSSR count). The van der Waals surface area contributed by atoms with Crippen molar-refractivity contribution >= 4 is 0 Å². The van der Waals surface area contributed by atoms with Gasteiger partial charge < -0.3 is 5.32 Å². The quantitative estimate of drug-likeness (QED) is 0.883. The molecule has 1 N–H and O–H groups in total. The normalized spacial score (nSPS) is 20.2. The third kappa shape index (κ3) is 3.57. The summed E-state index contributed by atoms with van der Waals surface area (Å²) in [6.07, 6.45) is 4.03. The lowest BCUT2D eigenvalue weighted by molar-refractivity contribution is 0.225. The Bertz CT molecular complexity index is 405. The number of piperidine rings is 1. The van der Waals surface area contributed by atoms with Gasteiger partial charge in [-0.15, -0.1) is 0 Å². The predicted octanol–water partition coefficient (Wildman–Crippen LogP) is 2.00. The van der Waals surface area contributed by atoms with Crippen LogP contribution in [0.25, 0.3) is 0 Å². The highest BCUT2D eigenvalue weighted by Crippen LogP contribution is 2.16. The molecule has 1 aromatic heterocycles. The van der Waals surface area contributed by atoms with E-state index >= 15 is 0 Å². The fourth-order valence-electron chi connectivity index (χ4n) is 2.97. The van der Waals surface area contributed by atoms with Gasteiger partial charge in [-0.3, -0.25) is 9.58 Å². The molecular weight excluding hydrogens is 236 g/mol. The lowest BCUT2D eigenvalue weighted by atomic mass is 10.0. The van der Waals surface area contributed by atoms with Gasteiger partial charge in [-0.1, -0.05) is 13.3 Å². The first kappa shape index (κ1) is 14.5. The van der Waals surface area contributed by atoms with Gasteiger partial charge in [0.15, 0.2) is 0 Å². The fourth-order valence-corrected chi connectivity index (χ4v) is 2.97. The average molecular weight is 264 g/mol. The molecule has 1 aliphatic heterocycles. The third-order valence-corrected chi connectivity index (χ3v) is 4.38. The van der Waals surface area contributed by atoms with Crippen LogP contribution in [0.2, 0.25) is 0 Å². The molecule has 0 aromatic carbocycles. The van der Waals surface area contributed by atoms with Crippen molar-refractivity contribution in [1.82, 2.24) is 20.0 Å². The van der Waals surface area contributed by atoms with Crippen molar-refractivity contribution in [2.75, 3.05) is 19.6 Å². The molecule has 0 aliphatic carbocycles. The molecule has 4 heteroatoms. The lowest BCUT2D eigenvalue weighted by Gasteiger charge is -2.30. The van der Waals surface area contributed by atoms with Crippen LogP contribution in [0.3, 0.4) is 0 Å². The van der Waals surface area contributed by atoms with Crippen molar-refractivity contribution in [3.63, 3.8) is 0 Å². The van der Waals surface area contributed by atoms with Crippen molar-refractivity contribution in [3.05, 3.63) is 17.0 Å². The Balaban J connectivity index is 1.98. The molecule has 1 unspecified atom stereocenters. The lowest BCUT2D eigenvalue weighted by Crippen LogP contribution is -2.43. The van der Waals surface area contributed by atoms with E-state index in [4.69, 9.17) is 0 Å². The zero-order chi connectivity index (χ0) is 13.8. The minimum atomic E-state index is 0.672. The second-order valence-corrected chi connectivity index (χ2v) is 5.75. The van der Waals surface area contributed by atoms with Crippen LogP contribution in [0, 0.1) is 13.8 Å². The van der Waals surface area contributed by atoms with Gasteiger partial charge in [0.25, 0.3) is 0 Å². The minimum absolute atomic E-state index is 0.672. The Morgan fingerprint density at radius 2 is 2.16 bits per heavy atom. The summed E-state index contributed by atoms with van der Waals surface area (Å²) < 4.78 is 2.00. The van der Waals surface area contributed by atoms with Crippen molar-refractivity contribution in [3.8, 4) is 0 Å². The van der Waals surface area contributed by atoms with Gasteiger partial charge in [0.05, 0.1) is 5.69 Å². The maximum absolute atomic E-state index is 4.52. The molecule has 2 heterocycles. The molecule has 0 bridgehead atoms. The molecule has 108 valence electrons. The first-order chi connectivity index (χ1) is 9.11. The van der Waals surface area contributed by atoms with Crippen LogP contribution >= 0.6 is 0 Å². The highest BCUT2D eigenvalue weighted by molar-refractivity contribution is 5.24. The maximum Gasteiger partial charge on any atom is 0.0641 e. The van der Waals surface area contributed by atoms with Crippen LogP contribution in [-0.2, 0) is 13.6 Å². The molecule has 0 spiro atoms. The number of aromatic nitrogens is 2. The van der Waals surface area contributed by atoms with E-state index in [1.165, 1.54) is 42.8 Å². The summed E-state index contributed by atoms with van der Waals surface area (Å²) in [5.74, 6) is 0. The van der Waals surface area contributed by atoms with E-state index in [0.29, 0.717) is 6.04 Å². The summed E-state index contributed by atoms with van der Waals surface area (Å²) >= 11 is 0. The molecule has 4 nitrogen and oxygen atoms in total. The number of nitrogens with one attached hydrogen (secondary N) is 1. The van der Waals surface area contributed by atoms with Crippen LogP contribution in [0.5, 0.6) is 0 Å². The number of likely N-dealkylation sites (N-methyl/N-ethyl adjacent to an activating group) is 1. The minimum Gasteiger partial charge on any atom is -0.313 e. The van der Waals surface area contributed by atoms with Crippen molar-refractivity contribution in [2.24, 2.45) is 7.05 Å². The van der Waals surface area contributed by atoms with Gasteiger partial charge >= 0.3 is 0 Å². The summed E-state index contributed by atoms with van der Waals surface area (Å²) in [5, 5.41) is 8.16. The molecule has 1 atom stereocenters. The molecule has 0 saturated carbocycles. The number of rotatable bonds is 5. The van der Waals surface area contributed by atoms with Crippen LogP contribution in [0.15, 0.2) is 0 Å². The van der Waals surface area contributed by atoms with Gasteiger partial charge in [0, 0.05) is 37.4 Å². The highest BCUT2D eigenvalue weighted by Gasteiger charge is 2.18. The van der Waals surface area contributed by atoms with E-state index in [0.717, 1.165) is 19.6 Å². The first-order valence-electron chi connectivity index (χ1n) is 7.56. The Kier molecular flexibility index (Phi) is 4.99. The Morgan fingerprint density at radius 1 is 1.37 bits per heavy atom. The van der Waals surface area contributed by atoms with Gasteiger partial charge in [0.2, 0.25) is 0 Å². The van der Waals surface area contributed by atoms with E-state index in [9.17, 15) is 0 Å². The van der Waals surface area contributed by atoms with Gasteiger partial charge in [-0.2, -0.15) is 5.10 Å². The predicted molar refractivity (Wildman–Crippen MR) is 79.3 cm³/mol. The zero-order valence-electron chi connectivity index (χ0n) is 12.9. The smallest absolute Gasteiger partial charge is 0.0641 e. The molecule has 1 saturated heterocycles. The SMILES string of the molecule is CCN(Cc1c(C)nn(C)c1C)CC1CCCCN1. The number of aryl methyl sites for hydroxylation is 2. The standard InChI is InChI=1S/C15H28N4/c1-5-19(10-14-8-6-7-9-16-14)11-15-12(2)17-18(4)13(15)3/h14,16H,5-11H2,1-4H3. The summed E-state index contributed by atoms with van der Waals surface area (Å²) in [6.45, 7) is 11.0. The van der Waals surface area contributed by atoms with E-state index in [2.05, 4.69) is 36.1 Å². The molecular formula is C15H28N4. The van der Waals surface area contributed by atoms with Crippen molar-refractivity contribution in [2.45, 2.75) is 52.6 Å². The largest absolute Gasteiger partial charge is 0.313 e.